The van der Waals surface area contributed by atoms with Crippen LogP contribution in [0.4, 0.5) is 0 Å². The summed E-state index contributed by atoms with van der Waals surface area (Å²) in [6, 6.07) is 0. The minimum absolute atomic E-state index is 0.525. The molecule has 0 aliphatic heterocycles. The first-order chi connectivity index (χ1) is 9.25. The van der Waals surface area contributed by atoms with Crippen molar-refractivity contribution in [1.82, 2.24) is 5.32 Å². The molecule has 0 aromatic rings. The van der Waals surface area contributed by atoms with Crippen LogP contribution in [0.3, 0.4) is 0 Å². The van der Waals surface area contributed by atoms with E-state index in [2.05, 4.69) is 23.7 Å². The summed E-state index contributed by atoms with van der Waals surface area (Å²) < 4.78 is 0. The molecule has 1 N–H and O–H groups in total. The van der Waals surface area contributed by atoms with Crippen molar-refractivity contribution in [3.63, 3.8) is 0 Å². The second-order valence-corrected chi connectivity index (χ2v) is 8.32. The van der Waals surface area contributed by atoms with E-state index in [4.69, 9.17) is 0 Å². The quantitative estimate of drug-likeness (QED) is 0.828. The molecule has 1 nitrogen and oxygen atoms in total. The monoisotopic (exact) mass is 275 g/mol. The maximum absolute atomic E-state index is 4.00. The Morgan fingerprint density at radius 2 is 1.74 bits per heavy atom. The Labute approximate surface area is 121 Å². The molecule has 5 rings (SSSR count). The van der Waals surface area contributed by atoms with E-state index in [0.717, 1.165) is 24.3 Å². The lowest BCUT2D eigenvalue weighted by Gasteiger charge is -2.57. The summed E-state index contributed by atoms with van der Waals surface area (Å²) in [5.41, 5.74) is 2.12. The molecule has 0 unspecified atom stereocenters. The van der Waals surface area contributed by atoms with Gasteiger partial charge < -0.3 is 5.32 Å². The van der Waals surface area contributed by atoms with Crippen LogP contribution in [-0.4, -0.2) is 18.3 Å². The molecule has 4 bridgehead atoms. The van der Waals surface area contributed by atoms with Crippen LogP contribution in [0.25, 0.3) is 0 Å². The minimum Gasteiger partial charge on any atom is -0.307 e. The Balaban J connectivity index is 1.38. The van der Waals surface area contributed by atoms with Crippen LogP contribution < -0.4 is 5.32 Å². The summed E-state index contributed by atoms with van der Waals surface area (Å²) in [5.74, 6) is 3.16. The van der Waals surface area contributed by atoms with Crippen LogP contribution >= 0.6 is 11.8 Å². The summed E-state index contributed by atoms with van der Waals surface area (Å²) in [6.45, 7) is 1.13. The van der Waals surface area contributed by atoms with Crippen LogP contribution in [0.1, 0.15) is 44.9 Å². The van der Waals surface area contributed by atoms with Crippen molar-refractivity contribution in [3.8, 4) is 0 Å². The van der Waals surface area contributed by atoms with Gasteiger partial charge in [-0.15, -0.1) is 11.8 Å². The molecular formula is C17H25NS. The molecule has 0 aromatic heterocycles. The normalized spacial score (nSPS) is 43.5. The highest BCUT2D eigenvalue weighted by atomic mass is 32.2. The van der Waals surface area contributed by atoms with E-state index < -0.39 is 0 Å². The van der Waals surface area contributed by atoms with E-state index in [0.29, 0.717) is 5.54 Å². The summed E-state index contributed by atoms with van der Waals surface area (Å²) in [5, 5.41) is 4.00. The molecule has 0 radical (unpaired) electrons. The first kappa shape index (κ1) is 12.5. The topological polar surface area (TPSA) is 12.0 Å². The molecule has 2 heteroatoms. The molecule has 0 heterocycles. The van der Waals surface area contributed by atoms with Gasteiger partial charge in [0.15, 0.2) is 0 Å². The molecular weight excluding hydrogens is 250 g/mol. The van der Waals surface area contributed by atoms with Crippen LogP contribution in [-0.2, 0) is 0 Å². The molecule has 5 aliphatic rings. The number of nitrogens with one attached hydrogen (secondary N) is 1. The smallest absolute Gasteiger partial charge is 0.0192 e. The van der Waals surface area contributed by atoms with Gasteiger partial charge in [-0.05, 0) is 67.4 Å². The third-order valence-electron chi connectivity index (χ3n) is 5.90. The van der Waals surface area contributed by atoms with Crippen molar-refractivity contribution in [3.05, 3.63) is 22.6 Å². The van der Waals surface area contributed by atoms with Crippen molar-refractivity contribution >= 4 is 11.8 Å². The lowest BCUT2D eigenvalue weighted by atomic mass is 9.53. The highest BCUT2D eigenvalue weighted by molar-refractivity contribution is 8.02. The molecule has 19 heavy (non-hydrogen) atoms. The fraction of sp³-hybridized carbons (Fsp3) is 0.765. The van der Waals surface area contributed by atoms with Gasteiger partial charge in [-0.1, -0.05) is 17.7 Å². The largest absolute Gasteiger partial charge is 0.307 e. The van der Waals surface area contributed by atoms with Crippen LogP contribution in [0.15, 0.2) is 22.6 Å². The lowest BCUT2D eigenvalue weighted by molar-refractivity contribution is -0.0182. The predicted octanol–water partition coefficient (Wildman–Crippen LogP) is 4.12. The fourth-order valence-electron chi connectivity index (χ4n) is 5.44. The molecule has 104 valence electrons. The summed E-state index contributed by atoms with van der Waals surface area (Å²) >= 11 is 1.90. The van der Waals surface area contributed by atoms with Crippen molar-refractivity contribution in [1.29, 1.82) is 0 Å². The van der Waals surface area contributed by atoms with Gasteiger partial charge in [-0.3, -0.25) is 0 Å². The number of rotatable bonds is 4. The van der Waals surface area contributed by atoms with Crippen molar-refractivity contribution in [2.75, 3.05) is 12.8 Å². The van der Waals surface area contributed by atoms with E-state index in [1.54, 1.807) is 24.8 Å². The van der Waals surface area contributed by atoms with Gasteiger partial charge in [0, 0.05) is 18.5 Å². The Morgan fingerprint density at radius 1 is 1.11 bits per heavy atom. The SMILES string of the molecule is CSC1=CC=C(CNC23CC4CC(CC(C4)C2)C3)C1. The van der Waals surface area contributed by atoms with Gasteiger partial charge in [-0.2, -0.15) is 0 Å². The van der Waals surface area contributed by atoms with Gasteiger partial charge in [0.05, 0.1) is 0 Å². The zero-order valence-electron chi connectivity index (χ0n) is 12.0. The average Bonchev–Trinajstić information content (AvgIpc) is 2.83. The van der Waals surface area contributed by atoms with Gasteiger partial charge in [0.1, 0.15) is 0 Å². The summed E-state index contributed by atoms with van der Waals surface area (Å²) in [7, 11) is 0. The highest BCUT2D eigenvalue weighted by Gasteiger charge is 2.50. The second-order valence-electron chi connectivity index (χ2n) is 7.39. The summed E-state index contributed by atoms with van der Waals surface area (Å²) in [4.78, 5) is 1.53. The van der Waals surface area contributed by atoms with Crippen LogP contribution in [0.2, 0.25) is 0 Å². The Kier molecular flexibility index (Phi) is 3.07. The van der Waals surface area contributed by atoms with E-state index in [1.807, 2.05) is 11.8 Å². The van der Waals surface area contributed by atoms with Gasteiger partial charge in [0.25, 0.3) is 0 Å². The van der Waals surface area contributed by atoms with Crippen molar-refractivity contribution in [2.45, 2.75) is 50.5 Å². The molecule has 0 saturated heterocycles. The Bertz CT molecular complexity index is 399. The van der Waals surface area contributed by atoms with E-state index >= 15 is 0 Å². The zero-order chi connectivity index (χ0) is 12.9. The Hall–Kier alpha value is -0.210. The maximum atomic E-state index is 4.00. The van der Waals surface area contributed by atoms with E-state index in [9.17, 15) is 0 Å². The average molecular weight is 275 g/mol. The minimum atomic E-state index is 0.525. The molecule has 4 saturated carbocycles. The first-order valence-electron chi connectivity index (χ1n) is 7.92. The molecule has 0 amide bonds. The van der Waals surface area contributed by atoms with Gasteiger partial charge in [-0.25, -0.2) is 0 Å². The standard InChI is InChI=1S/C17H25NS/c1-19-16-3-2-12(7-16)11-18-17-8-13-4-14(9-17)6-15(5-13)10-17/h2-3,13-15,18H,4-11H2,1H3. The maximum Gasteiger partial charge on any atom is 0.0192 e. The van der Waals surface area contributed by atoms with E-state index in [1.165, 1.54) is 30.6 Å². The van der Waals surface area contributed by atoms with Crippen molar-refractivity contribution in [2.24, 2.45) is 17.8 Å². The molecule has 0 spiro atoms. The third kappa shape index (κ3) is 2.31. The van der Waals surface area contributed by atoms with Crippen LogP contribution in [0.5, 0.6) is 0 Å². The predicted molar refractivity (Wildman–Crippen MR) is 83.2 cm³/mol. The lowest BCUT2D eigenvalue weighted by Crippen LogP contribution is -2.58. The van der Waals surface area contributed by atoms with Gasteiger partial charge >= 0.3 is 0 Å². The van der Waals surface area contributed by atoms with Crippen molar-refractivity contribution < 1.29 is 0 Å². The molecule has 0 atom stereocenters. The van der Waals surface area contributed by atoms with Gasteiger partial charge in [0.2, 0.25) is 0 Å². The Morgan fingerprint density at radius 3 is 2.26 bits per heavy atom. The fourth-order valence-corrected chi connectivity index (χ4v) is 5.98. The summed E-state index contributed by atoms with van der Waals surface area (Å²) in [6.07, 6.45) is 17.1. The zero-order valence-corrected chi connectivity index (χ0v) is 12.8. The third-order valence-corrected chi connectivity index (χ3v) is 6.70. The number of thioether (sulfide) groups is 1. The highest BCUT2D eigenvalue weighted by Crippen LogP contribution is 2.55. The number of hydrogen-bond donors (Lipinski definition) is 1. The first-order valence-corrected chi connectivity index (χ1v) is 9.15. The number of allylic oxidation sites excluding steroid dienone is 3. The number of hydrogen-bond acceptors (Lipinski definition) is 2. The molecule has 4 fully saturated rings. The van der Waals surface area contributed by atoms with E-state index in [-0.39, 0.29) is 0 Å². The second kappa shape index (κ2) is 4.66. The molecule has 5 aliphatic carbocycles. The van der Waals surface area contributed by atoms with Crippen LogP contribution in [0, 0.1) is 17.8 Å². The molecule has 0 aromatic carbocycles.